The molecule has 3 rings (SSSR count). The van der Waals surface area contributed by atoms with E-state index in [0.29, 0.717) is 10.0 Å². The Morgan fingerprint density at radius 2 is 1.95 bits per heavy atom. The third-order valence-electron chi connectivity index (χ3n) is 2.64. The topological polar surface area (TPSA) is 37.3 Å². The summed E-state index contributed by atoms with van der Waals surface area (Å²) in [5.41, 5.74) is 4.62. The molecule has 0 saturated heterocycles. The molecule has 0 radical (unpaired) electrons. The Labute approximate surface area is 129 Å². The molecule has 0 aliphatic rings. The number of fused-ring (bicyclic) bond motifs is 1. The van der Waals surface area contributed by atoms with Gasteiger partial charge in [-0.05, 0) is 18.2 Å². The second-order valence-electron chi connectivity index (χ2n) is 4.00. The van der Waals surface area contributed by atoms with Gasteiger partial charge < -0.3 is 0 Å². The van der Waals surface area contributed by atoms with Crippen LogP contribution in [0.4, 0.5) is 5.13 Å². The van der Waals surface area contributed by atoms with Crippen molar-refractivity contribution in [3.05, 3.63) is 58.1 Å². The minimum atomic E-state index is 0.490. The fourth-order valence-electron chi connectivity index (χ4n) is 1.70. The van der Waals surface area contributed by atoms with E-state index in [4.69, 9.17) is 23.2 Å². The molecule has 0 aliphatic heterocycles. The van der Waals surface area contributed by atoms with Gasteiger partial charge in [-0.15, -0.1) is 0 Å². The number of hydrogen-bond acceptors (Lipinski definition) is 4. The first-order valence-electron chi connectivity index (χ1n) is 5.83. The molecular weight excluding hydrogens is 313 g/mol. The van der Waals surface area contributed by atoms with E-state index in [0.717, 1.165) is 20.9 Å². The molecule has 3 nitrogen and oxygen atoms in total. The first-order valence-corrected chi connectivity index (χ1v) is 7.40. The largest absolute Gasteiger partial charge is 0.253 e. The standard InChI is InChI=1S/C14H9Cl2N3S/c15-10-5-3-4-9(13(10)16)8-17-19-14-18-11-6-1-2-7-12(11)20-14/h1-8H,(H,18,19). The van der Waals surface area contributed by atoms with Gasteiger partial charge in [0.05, 0.1) is 26.5 Å². The maximum absolute atomic E-state index is 6.08. The van der Waals surface area contributed by atoms with E-state index < -0.39 is 0 Å². The molecule has 0 aliphatic carbocycles. The van der Waals surface area contributed by atoms with Crippen molar-refractivity contribution in [3.63, 3.8) is 0 Å². The molecule has 0 spiro atoms. The summed E-state index contributed by atoms with van der Waals surface area (Å²) in [6.45, 7) is 0. The zero-order valence-electron chi connectivity index (χ0n) is 10.2. The molecule has 1 heterocycles. The molecule has 2 aromatic carbocycles. The Morgan fingerprint density at radius 3 is 2.80 bits per heavy atom. The minimum Gasteiger partial charge on any atom is -0.253 e. The number of rotatable bonds is 3. The predicted octanol–water partition coefficient (Wildman–Crippen LogP) is 5.05. The van der Waals surface area contributed by atoms with Crippen LogP contribution < -0.4 is 5.43 Å². The lowest BCUT2D eigenvalue weighted by Crippen LogP contribution is -1.90. The summed E-state index contributed by atoms with van der Waals surface area (Å²) in [6.07, 6.45) is 1.63. The van der Waals surface area contributed by atoms with Gasteiger partial charge in [0, 0.05) is 5.56 Å². The highest BCUT2D eigenvalue weighted by Crippen LogP contribution is 2.26. The number of thiazole rings is 1. The van der Waals surface area contributed by atoms with Crippen molar-refractivity contribution in [1.29, 1.82) is 0 Å². The van der Waals surface area contributed by atoms with Gasteiger partial charge in [-0.1, -0.05) is 58.8 Å². The first-order chi connectivity index (χ1) is 9.74. The van der Waals surface area contributed by atoms with Crippen molar-refractivity contribution < 1.29 is 0 Å². The number of benzene rings is 2. The van der Waals surface area contributed by atoms with Crippen LogP contribution in [0, 0.1) is 0 Å². The second kappa shape index (κ2) is 5.79. The lowest BCUT2D eigenvalue weighted by molar-refractivity contribution is 1.31. The van der Waals surface area contributed by atoms with Crippen LogP contribution in [-0.4, -0.2) is 11.2 Å². The Morgan fingerprint density at radius 1 is 1.10 bits per heavy atom. The van der Waals surface area contributed by atoms with Crippen molar-refractivity contribution in [2.24, 2.45) is 5.10 Å². The number of nitrogens with zero attached hydrogens (tertiary/aromatic N) is 2. The van der Waals surface area contributed by atoms with Crippen molar-refractivity contribution in [2.75, 3.05) is 5.43 Å². The van der Waals surface area contributed by atoms with Crippen molar-refractivity contribution in [3.8, 4) is 0 Å². The highest BCUT2D eigenvalue weighted by atomic mass is 35.5. The Kier molecular flexibility index (Phi) is 3.87. The average Bonchev–Trinajstić information content (AvgIpc) is 2.86. The summed E-state index contributed by atoms with van der Waals surface area (Å²) < 4.78 is 1.12. The van der Waals surface area contributed by atoms with E-state index in [1.165, 1.54) is 0 Å². The van der Waals surface area contributed by atoms with Crippen LogP contribution in [0.15, 0.2) is 47.6 Å². The summed E-state index contributed by atoms with van der Waals surface area (Å²) in [6, 6.07) is 13.3. The Bertz CT molecular complexity index is 750. The monoisotopic (exact) mass is 321 g/mol. The molecule has 20 heavy (non-hydrogen) atoms. The van der Waals surface area contributed by atoms with E-state index >= 15 is 0 Å². The van der Waals surface area contributed by atoms with Gasteiger partial charge in [0.2, 0.25) is 5.13 Å². The minimum absolute atomic E-state index is 0.490. The maximum atomic E-state index is 6.08. The summed E-state index contributed by atoms with van der Waals surface area (Å²) >= 11 is 13.6. The van der Waals surface area contributed by atoms with Gasteiger partial charge in [0.25, 0.3) is 0 Å². The number of para-hydroxylation sites is 1. The SMILES string of the molecule is Clc1cccc(C=NNc2nc3ccccc3s2)c1Cl. The molecule has 0 amide bonds. The van der Waals surface area contributed by atoms with Gasteiger partial charge in [-0.3, -0.25) is 5.43 Å². The van der Waals surface area contributed by atoms with Crippen LogP contribution in [0.2, 0.25) is 10.0 Å². The van der Waals surface area contributed by atoms with E-state index in [1.807, 2.05) is 36.4 Å². The number of halogens is 2. The van der Waals surface area contributed by atoms with E-state index in [1.54, 1.807) is 23.6 Å². The summed E-state index contributed by atoms with van der Waals surface area (Å²) in [4.78, 5) is 4.42. The molecule has 100 valence electrons. The highest BCUT2D eigenvalue weighted by molar-refractivity contribution is 7.22. The molecule has 6 heteroatoms. The van der Waals surface area contributed by atoms with Crippen LogP contribution in [-0.2, 0) is 0 Å². The number of anilines is 1. The quantitative estimate of drug-likeness (QED) is 0.541. The van der Waals surface area contributed by atoms with Crippen molar-refractivity contribution in [1.82, 2.24) is 4.98 Å². The molecule has 1 N–H and O–H groups in total. The second-order valence-corrected chi connectivity index (χ2v) is 5.82. The number of hydrazone groups is 1. The number of hydrogen-bond donors (Lipinski definition) is 1. The number of nitrogens with one attached hydrogen (secondary N) is 1. The smallest absolute Gasteiger partial charge is 0.204 e. The van der Waals surface area contributed by atoms with E-state index in [2.05, 4.69) is 15.5 Å². The normalized spacial score (nSPS) is 11.3. The third kappa shape index (κ3) is 2.77. The Balaban J connectivity index is 1.78. The molecule has 0 unspecified atom stereocenters. The van der Waals surface area contributed by atoms with Crippen LogP contribution >= 0.6 is 34.5 Å². The fraction of sp³-hybridized carbons (Fsp3) is 0. The van der Waals surface area contributed by atoms with Crippen LogP contribution in [0.25, 0.3) is 10.2 Å². The van der Waals surface area contributed by atoms with Crippen LogP contribution in [0.3, 0.4) is 0 Å². The first kappa shape index (κ1) is 13.4. The molecule has 0 saturated carbocycles. The van der Waals surface area contributed by atoms with E-state index in [-0.39, 0.29) is 0 Å². The summed E-state index contributed by atoms with van der Waals surface area (Å²) in [5.74, 6) is 0. The average molecular weight is 322 g/mol. The Hall–Kier alpha value is -1.62. The van der Waals surface area contributed by atoms with Gasteiger partial charge in [0.15, 0.2) is 0 Å². The zero-order valence-corrected chi connectivity index (χ0v) is 12.5. The predicted molar refractivity (Wildman–Crippen MR) is 87.3 cm³/mol. The van der Waals surface area contributed by atoms with Crippen molar-refractivity contribution >= 4 is 56.1 Å². The lowest BCUT2D eigenvalue weighted by Gasteiger charge is -1.99. The third-order valence-corrected chi connectivity index (χ3v) is 4.41. The molecular formula is C14H9Cl2N3S. The van der Waals surface area contributed by atoms with Gasteiger partial charge in [-0.25, -0.2) is 4.98 Å². The zero-order chi connectivity index (χ0) is 13.9. The molecule has 0 atom stereocenters. The van der Waals surface area contributed by atoms with Gasteiger partial charge >= 0.3 is 0 Å². The van der Waals surface area contributed by atoms with Crippen molar-refractivity contribution in [2.45, 2.75) is 0 Å². The van der Waals surface area contributed by atoms with Crippen LogP contribution in [0.5, 0.6) is 0 Å². The number of aromatic nitrogens is 1. The summed E-state index contributed by atoms with van der Waals surface area (Å²) in [7, 11) is 0. The van der Waals surface area contributed by atoms with Crippen LogP contribution in [0.1, 0.15) is 5.56 Å². The molecule has 0 bridgehead atoms. The highest BCUT2D eigenvalue weighted by Gasteiger charge is 2.03. The maximum Gasteiger partial charge on any atom is 0.204 e. The van der Waals surface area contributed by atoms with Gasteiger partial charge in [-0.2, -0.15) is 5.10 Å². The lowest BCUT2D eigenvalue weighted by atomic mass is 10.2. The van der Waals surface area contributed by atoms with Gasteiger partial charge in [0.1, 0.15) is 0 Å². The molecule has 3 aromatic rings. The molecule has 1 aromatic heterocycles. The fourth-order valence-corrected chi connectivity index (χ4v) is 2.87. The summed E-state index contributed by atoms with van der Waals surface area (Å²) in [5, 5.41) is 5.88. The molecule has 0 fully saturated rings. The van der Waals surface area contributed by atoms with E-state index in [9.17, 15) is 0 Å².